The van der Waals surface area contributed by atoms with Crippen LogP contribution < -0.4 is 16.0 Å². The van der Waals surface area contributed by atoms with Crippen LogP contribution in [0.4, 0.5) is 13.2 Å². The molecule has 1 amide bonds. The van der Waals surface area contributed by atoms with Crippen LogP contribution in [0, 0.1) is 5.41 Å². The van der Waals surface area contributed by atoms with E-state index in [1.165, 1.54) is 12.1 Å². The smallest absolute Gasteiger partial charge is 0.356 e. The summed E-state index contributed by atoms with van der Waals surface area (Å²) < 4.78 is 38.6. The number of carbonyl (C=O) groups is 1. The molecule has 0 aliphatic rings. The van der Waals surface area contributed by atoms with Crippen LogP contribution in [0.15, 0.2) is 29.3 Å². The van der Waals surface area contributed by atoms with Gasteiger partial charge < -0.3 is 16.0 Å². The number of nitrogens with zero attached hydrogens (tertiary/aromatic N) is 1. The summed E-state index contributed by atoms with van der Waals surface area (Å²) >= 11 is 0. The molecule has 1 aromatic carbocycles. The number of benzene rings is 1. The number of amides is 1. The molecule has 0 saturated carbocycles. The number of guanidine groups is 1. The average Bonchev–Trinajstić information content (AvgIpc) is 2.63. The van der Waals surface area contributed by atoms with Crippen molar-refractivity contribution < 1.29 is 18.0 Å². The highest BCUT2D eigenvalue weighted by molar-refractivity contribution is 5.84. The quantitative estimate of drug-likeness (QED) is 0.462. The summed E-state index contributed by atoms with van der Waals surface area (Å²) in [4.78, 5) is 16.2. The highest BCUT2D eigenvalue weighted by Crippen LogP contribution is 2.31. The van der Waals surface area contributed by atoms with Crippen molar-refractivity contribution in [2.24, 2.45) is 10.4 Å². The number of carbonyl (C=O) groups excluding carboxylic acids is 1. The molecule has 0 saturated heterocycles. The van der Waals surface area contributed by atoms with Crippen molar-refractivity contribution in [1.82, 2.24) is 16.0 Å². The Morgan fingerprint density at radius 2 is 1.86 bits per heavy atom. The Labute approximate surface area is 165 Å². The van der Waals surface area contributed by atoms with E-state index in [4.69, 9.17) is 0 Å². The van der Waals surface area contributed by atoms with Gasteiger partial charge in [0.25, 0.3) is 0 Å². The number of nitrogens with one attached hydrogen (secondary N) is 3. The number of alkyl halides is 3. The predicted molar refractivity (Wildman–Crippen MR) is 106 cm³/mol. The molecule has 1 atom stereocenters. The average molecular weight is 400 g/mol. The van der Waals surface area contributed by atoms with Gasteiger partial charge in [-0.05, 0) is 44.7 Å². The van der Waals surface area contributed by atoms with E-state index in [-0.39, 0.29) is 11.8 Å². The summed E-state index contributed by atoms with van der Waals surface area (Å²) in [5, 5.41) is 9.06. The lowest BCUT2D eigenvalue weighted by Crippen LogP contribution is -2.48. The second-order valence-electron chi connectivity index (χ2n) is 7.41. The van der Waals surface area contributed by atoms with Crippen molar-refractivity contribution in [3.63, 3.8) is 0 Å². The monoisotopic (exact) mass is 400 g/mol. The van der Waals surface area contributed by atoms with Crippen molar-refractivity contribution >= 4 is 11.9 Å². The third kappa shape index (κ3) is 7.40. The summed E-state index contributed by atoms with van der Waals surface area (Å²) in [5.74, 6) is 0.462. The molecule has 1 unspecified atom stereocenters. The van der Waals surface area contributed by atoms with E-state index >= 15 is 0 Å². The maximum Gasteiger partial charge on any atom is 0.416 e. The molecule has 5 nitrogen and oxygen atoms in total. The van der Waals surface area contributed by atoms with E-state index in [1.54, 1.807) is 13.1 Å². The minimum atomic E-state index is -4.34. The molecule has 158 valence electrons. The molecule has 0 bridgehead atoms. The van der Waals surface area contributed by atoms with E-state index in [0.717, 1.165) is 6.07 Å². The zero-order valence-electron chi connectivity index (χ0n) is 17.2. The first kappa shape index (κ1) is 23.8. The van der Waals surface area contributed by atoms with Gasteiger partial charge in [-0.1, -0.05) is 25.1 Å². The fraction of sp³-hybridized carbons (Fsp3) is 0.600. The summed E-state index contributed by atoms with van der Waals surface area (Å²) in [6.07, 6.45) is -3.70. The summed E-state index contributed by atoms with van der Waals surface area (Å²) in [5.41, 5.74) is -0.578. The Bertz CT molecular complexity index is 672. The first-order valence-corrected chi connectivity index (χ1v) is 9.41. The van der Waals surface area contributed by atoms with Gasteiger partial charge in [0, 0.05) is 26.7 Å². The van der Waals surface area contributed by atoms with E-state index in [2.05, 4.69) is 20.9 Å². The standard InChI is InChI=1S/C20H31F3N4O/c1-6-25-17(28)19(3,4)13-27-18(24-5)26-11-10-14(2)15-8-7-9-16(12-15)20(21,22)23/h7-9,12,14H,6,10-11,13H2,1-5H3,(H,25,28)(H2,24,26,27). The Hall–Kier alpha value is -2.25. The molecule has 0 aliphatic heterocycles. The van der Waals surface area contributed by atoms with Gasteiger partial charge in [-0.3, -0.25) is 9.79 Å². The zero-order chi connectivity index (χ0) is 21.4. The molecule has 0 fully saturated rings. The summed E-state index contributed by atoms with van der Waals surface area (Å²) in [7, 11) is 1.63. The van der Waals surface area contributed by atoms with Gasteiger partial charge in [-0.25, -0.2) is 0 Å². The van der Waals surface area contributed by atoms with Crippen LogP contribution in [0.3, 0.4) is 0 Å². The zero-order valence-corrected chi connectivity index (χ0v) is 17.2. The normalized spacial score (nSPS) is 13.8. The molecular weight excluding hydrogens is 369 g/mol. The largest absolute Gasteiger partial charge is 0.416 e. The van der Waals surface area contributed by atoms with Gasteiger partial charge in [0.2, 0.25) is 5.91 Å². The van der Waals surface area contributed by atoms with Crippen LogP contribution in [0.1, 0.15) is 51.2 Å². The van der Waals surface area contributed by atoms with E-state index in [1.807, 2.05) is 27.7 Å². The maximum absolute atomic E-state index is 12.9. The first-order valence-electron chi connectivity index (χ1n) is 9.41. The number of halogens is 3. The van der Waals surface area contributed by atoms with E-state index in [0.29, 0.717) is 37.6 Å². The molecule has 0 radical (unpaired) electrons. The van der Waals surface area contributed by atoms with Crippen LogP contribution in [0.5, 0.6) is 0 Å². The third-order valence-electron chi connectivity index (χ3n) is 4.53. The van der Waals surface area contributed by atoms with E-state index < -0.39 is 17.2 Å². The maximum atomic E-state index is 12.9. The SMILES string of the molecule is CCNC(=O)C(C)(C)CNC(=NC)NCCC(C)c1cccc(C(F)(F)F)c1. The number of aliphatic imine (C=N–C) groups is 1. The Morgan fingerprint density at radius 3 is 2.43 bits per heavy atom. The van der Waals surface area contributed by atoms with Crippen LogP contribution >= 0.6 is 0 Å². The Balaban J connectivity index is 2.54. The van der Waals surface area contributed by atoms with Crippen molar-refractivity contribution in [2.75, 3.05) is 26.7 Å². The Kier molecular flexibility index (Phi) is 8.78. The molecular formula is C20H31F3N4O. The number of rotatable bonds is 8. The second kappa shape index (κ2) is 10.3. The fourth-order valence-electron chi connectivity index (χ4n) is 2.60. The molecule has 0 heterocycles. The minimum absolute atomic E-state index is 0.0420. The molecule has 1 rings (SSSR count). The molecule has 8 heteroatoms. The van der Waals surface area contributed by atoms with Crippen molar-refractivity contribution in [1.29, 1.82) is 0 Å². The van der Waals surface area contributed by atoms with Gasteiger partial charge in [-0.15, -0.1) is 0 Å². The Morgan fingerprint density at radius 1 is 1.18 bits per heavy atom. The first-order chi connectivity index (χ1) is 13.0. The van der Waals surface area contributed by atoms with E-state index in [9.17, 15) is 18.0 Å². The topological polar surface area (TPSA) is 65.5 Å². The van der Waals surface area contributed by atoms with Crippen LogP contribution in [0.25, 0.3) is 0 Å². The molecule has 0 spiro atoms. The lowest BCUT2D eigenvalue weighted by atomic mass is 9.92. The van der Waals surface area contributed by atoms with Gasteiger partial charge in [0.1, 0.15) is 0 Å². The molecule has 1 aromatic rings. The lowest BCUT2D eigenvalue weighted by Gasteiger charge is -2.25. The molecule has 0 aromatic heterocycles. The number of hydrogen-bond acceptors (Lipinski definition) is 2. The van der Waals surface area contributed by atoms with Crippen LogP contribution in [0.2, 0.25) is 0 Å². The minimum Gasteiger partial charge on any atom is -0.356 e. The lowest BCUT2D eigenvalue weighted by molar-refractivity contribution is -0.137. The van der Waals surface area contributed by atoms with Gasteiger partial charge in [-0.2, -0.15) is 13.2 Å². The number of hydrogen-bond donors (Lipinski definition) is 3. The fourth-order valence-corrected chi connectivity index (χ4v) is 2.60. The van der Waals surface area contributed by atoms with Gasteiger partial charge in [0.15, 0.2) is 5.96 Å². The third-order valence-corrected chi connectivity index (χ3v) is 4.53. The van der Waals surface area contributed by atoms with Crippen molar-refractivity contribution in [2.45, 2.75) is 46.2 Å². The predicted octanol–water partition coefficient (Wildman–Crippen LogP) is 3.53. The van der Waals surface area contributed by atoms with Crippen LogP contribution in [-0.4, -0.2) is 38.5 Å². The molecule has 3 N–H and O–H groups in total. The van der Waals surface area contributed by atoms with Gasteiger partial charge in [0.05, 0.1) is 11.0 Å². The van der Waals surface area contributed by atoms with Crippen molar-refractivity contribution in [3.05, 3.63) is 35.4 Å². The second-order valence-corrected chi connectivity index (χ2v) is 7.41. The van der Waals surface area contributed by atoms with Crippen molar-refractivity contribution in [3.8, 4) is 0 Å². The van der Waals surface area contributed by atoms with Crippen LogP contribution in [-0.2, 0) is 11.0 Å². The summed E-state index contributed by atoms with van der Waals surface area (Å²) in [6, 6.07) is 5.43. The molecule has 0 aliphatic carbocycles. The van der Waals surface area contributed by atoms with Gasteiger partial charge >= 0.3 is 6.18 Å². The molecule has 28 heavy (non-hydrogen) atoms. The highest BCUT2D eigenvalue weighted by Gasteiger charge is 2.30. The highest BCUT2D eigenvalue weighted by atomic mass is 19.4. The summed E-state index contributed by atoms with van der Waals surface area (Å²) in [6.45, 7) is 8.96.